The van der Waals surface area contributed by atoms with Crippen molar-refractivity contribution in [3.05, 3.63) is 41.8 Å². The third-order valence-electron chi connectivity index (χ3n) is 2.82. The number of benzene rings is 1. The highest BCUT2D eigenvalue weighted by atomic mass is 19.1. The van der Waals surface area contributed by atoms with Crippen molar-refractivity contribution in [3.8, 4) is 22.8 Å². The van der Waals surface area contributed by atoms with E-state index in [-0.39, 0.29) is 6.61 Å². The molecule has 100 valence electrons. The highest BCUT2D eigenvalue weighted by Gasteiger charge is 2.13. The first-order chi connectivity index (χ1) is 9.19. The van der Waals surface area contributed by atoms with Gasteiger partial charge in [0.1, 0.15) is 11.6 Å². The maximum Gasteiger partial charge on any atom is 0.213 e. The van der Waals surface area contributed by atoms with E-state index in [0.29, 0.717) is 28.3 Å². The lowest BCUT2D eigenvalue weighted by Gasteiger charge is -2.11. The van der Waals surface area contributed by atoms with E-state index >= 15 is 0 Å². The van der Waals surface area contributed by atoms with Gasteiger partial charge in [0.2, 0.25) is 5.88 Å². The summed E-state index contributed by atoms with van der Waals surface area (Å²) in [6, 6.07) is 6.57. The fraction of sp³-hybridized carbons (Fsp3) is 0.214. The molecule has 0 saturated heterocycles. The number of methoxy groups -OCH3 is 2. The molecule has 0 aliphatic carbocycles. The summed E-state index contributed by atoms with van der Waals surface area (Å²) in [7, 11) is 2.99. The minimum atomic E-state index is -0.483. The highest BCUT2D eigenvalue weighted by Crippen LogP contribution is 2.31. The fourth-order valence-electron chi connectivity index (χ4n) is 1.81. The summed E-state index contributed by atoms with van der Waals surface area (Å²) in [5.41, 5.74) is 1.47. The quantitative estimate of drug-likeness (QED) is 0.920. The van der Waals surface area contributed by atoms with Gasteiger partial charge in [-0.3, -0.25) is 0 Å². The Morgan fingerprint density at radius 2 is 1.95 bits per heavy atom. The van der Waals surface area contributed by atoms with E-state index in [2.05, 4.69) is 4.98 Å². The lowest BCUT2D eigenvalue weighted by atomic mass is 10.00. The van der Waals surface area contributed by atoms with Crippen molar-refractivity contribution in [2.45, 2.75) is 6.61 Å². The summed E-state index contributed by atoms with van der Waals surface area (Å²) < 4.78 is 24.0. The number of pyridine rings is 1. The van der Waals surface area contributed by atoms with Gasteiger partial charge >= 0.3 is 0 Å². The van der Waals surface area contributed by atoms with Crippen LogP contribution in [0.5, 0.6) is 11.6 Å². The van der Waals surface area contributed by atoms with Gasteiger partial charge in [0, 0.05) is 11.6 Å². The molecule has 0 fully saturated rings. The van der Waals surface area contributed by atoms with Crippen LogP contribution in [-0.2, 0) is 6.61 Å². The molecular formula is C14H14FNO3. The summed E-state index contributed by atoms with van der Waals surface area (Å²) in [5, 5.41) is 9.35. The molecule has 2 aromatic rings. The monoisotopic (exact) mass is 263 g/mol. The number of aliphatic hydroxyl groups excluding tert-OH is 1. The summed E-state index contributed by atoms with van der Waals surface area (Å²) in [6.45, 7) is -0.191. The molecule has 1 heterocycles. The van der Waals surface area contributed by atoms with E-state index in [9.17, 15) is 9.50 Å². The Kier molecular flexibility index (Phi) is 3.97. The van der Waals surface area contributed by atoms with Crippen LogP contribution in [0.15, 0.2) is 30.5 Å². The zero-order chi connectivity index (χ0) is 13.8. The standard InChI is InChI=1S/C14H14FNO3/c1-18-10-4-3-9(8-17)11(5-10)12-6-14(19-2)16-7-13(12)15/h3-7,17H,8H2,1-2H3. The Hall–Kier alpha value is -2.14. The van der Waals surface area contributed by atoms with E-state index < -0.39 is 5.82 Å². The number of nitrogens with zero attached hydrogens (tertiary/aromatic N) is 1. The Morgan fingerprint density at radius 3 is 2.58 bits per heavy atom. The average molecular weight is 263 g/mol. The molecule has 1 aromatic carbocycles. The van der Waals surface area contributed by atoms with Crippen LogP contribution >= 0.6 is 0 Å². The van der Waals surface area contributed by atoms with Gasteiger partial charge < -0.3 is 14.6 Å². The molecule has 5 heteroatoms. The molecule has 4 nitrogen and oxygen atoms in total. The third-order valence-corrected chi connectivity index (χ3v) is 2.82. The summed E-state index contributed by atoms with van der Waals surface area (Å²) in [6.07, 6.45) is 1.09. The van der Waals surface area contributed by atoms with Crippen LogP contribution in [0.25, 0.3) is 11.1 Å². The molecule has 0 bridgehead atoms. The number of aliphatic hydroxyl groups is 1. The molecule has 1 N–H and O–H groups in total. The van der Waals surface area contributed by atoms with Crippen molar-refractivity contribution in [1.82, 2.24) is 4.98 Å². The number of aromatic nitrogens is 1. The SMILES string of the molecule is COc1ccc(CO)c(-c2cc(OC)ncc2F)c1. The fourth-order valence-corrected chi connectivity index (χ4v) is 1.81. The topological polar surface area (TPSA) is 51.6 Å². The summed E-state index contributed by atoms with van der Waals surface area (Å²) in [4.78, 5) is 3.79. The number of hydrogen-bond acceptors (Lipinski definition) is 4. The Labute approximate surface area is 110 Å². The molecule has 19 heavy (non-hydrogen) atoms. The molecule has 0 aliphatic rings. The van der Waals surface area contributed by atoms with Gasteiger partial charge in [-0.05, 0) is 23.3 Å². The zero-order valence-electron chi connectivity index (χ0n) is 10.7. The lowest BCUT2D eigenvalue weighted by Crippen LogP contribution is -1.96. The predicted molar refractivity (Wildman–Crippen MR) is 68.7 cm³/mol. The molecule has 1 aromatic heterocycles. The number of hydrogen-bond donors (Lipinski definition) is 1. The van der Waals surface area contributed by atoms with E-state index in [1.165, 1.54) is 20.3 Å². The number of halogens is 1. The second-order valence-corrected chi connectivity index (χ2v) is 3.89. The van der Waals surface area contributed by atoms with E-state index in [1.807, 2.05) is 0 Å². The molecule has 0 radical (unpaired) electrons. The minimum Gasteiger partial charge on any atom is -0.497 e. The van der Waals surface area contributed by atoms with Crippen LogP contribution in [0.1, 0.15) is 5.56 Å². The van der Waals surface area contributed by atoms with E-state index in [0.717, 1.165) is 6.20 Å². The lowest BCUT2D eigenvalue weighted by molar-refractivity contribution is 0.282. The van der Waals surface area contributed by atoms with Gasteiger partial charge in [-0.15, -0.1) is 0 Å². The van der Waals surface area contributed by atoms with Gasteiger partial charge in [-0.25, -0.2) is 9.37 Å². The van der Waals surface area contributed by atoms with Crippen LogP contribution in [0, 0.1) is 5.82 Å². The largest absolute Gasteiger partial charge is 0.497 e. The second kappa shape index (κ2) is 5.67. The van der Waals surface area contributed by atoms with Crippen molar-refractivity contribution in [1.29, 1.82) is 0 Å². The molecular weight excluding hydrogens is 249 g/mol. The van der Waals surface area contributed by atoms with Gasteiger partial charge in [0.15, 0.2) is 0 Å². The van der Waals surface area contributed by atoms with Gasteiger partial charge in [0.25, 0.3) is 0 Å². The Bertz CT molecular complexity index is 587. The zero-order valence-corrected chi connectivity index (χ0v) is 10.7. The third kappa shape index (κ3) is 2.66. The molecule has 0 amide bonds. The minimum absolute atomic E-state index is 0.191. The van der Waals surface area contributed by atoms with E-state index in [1.54, 1.807) is 18.2 Å². The highest BCUT2D eigenvalue weighted by molar-refractivity contribution is 5.70. The van der Waals surface area contributed by atoms with Gasteiger partial charge in [-0.1, -0.05) is 6.07 Å². The van der Waals surface area contributed by atoms with Gasteiger partial charge in [-0.2, -0.15) is 0 Å². The Balaban J connectivity index is 2.62. The smallest absolute Gasteiger partial charge is 0.213 e. The van der Waals surface area contributed by atoms with Crippen molar-refractivity contribution in [2.24, 2.45) is 0 Å². The van der Waals surface area contributed by atoms with Crippen molar-refractivity contribution in [3.63, 3.8) is 0 Å². The molecule has 0 saturated carbocycles. The van der Waals surface area contributed by atoms with Crippen LogP contribution < -0.4 is 9.47 Å². The first-order valence-electron chi connectivity index (χ1n) is 5.67. The normalized spacial score (nSPS) is 10.3. The van der Waals surface area contributed by atoms with Crippen LogP contribution in [0.4, 0.5) is 4.39 Å². The van der Waals surface area contributed by atoms with Gasteiger partial charge in [0.05, 0.1) is 27.0 Å². The predicted octanol–water partition coefficient (Wildman–Crippen LogP) is 2.40. The summed E-state index contributed by atoms with van der Waals surface area (Å²) >= 11 is 0. The van der Waals surface area contributed by atoms with Crippen molar-refractivity contribution >= 4 is 0 Å². The molecule has 0 spiro atoms. The first kappa shape index (κ1) is 13.3. The van der Waals surface area contributed by atoms with E-state index in [4.69, 9.17) is 9.47 Å². The number of ether oxygens (including phenoxy) is 2. The summed E-state index contributed by atoms with van der Waals surface area (Å²) in [5.74, 6) is 0.411. The van der Waals surface area contributed by atoms with Crippen LogP contribution in [-0.4, -0.2) is 24.3 Å². The molecule has 2 rings (SSSR count). The molecule has 0 unspecified atom stereocenters. The van der Waals surface area contributed by atoms with Crippen molar-refractivity contribution < 1.29 is 19.0 Å². The second-order valence-electron chi connectivity index (χ2n) is 3.89. The van der Waals surface area contributed by atoms with Crippen molar-refractivity contribution in [2.75, 3.05) is 14.2 Å². The molecule has 0 atom stereocenters. The maximum absolute atomic E-state index is 13.9. The first-order valence-corrected chi connectivity index (χ1v) is 5.67. The molecule has 0 aliphatic heterocycles. The maximum atomic E-state index is 13.9. The average Bonchev–Trinajstić information content (AvgIpc) is 2.47. The Morgan fingerprint density at radius 1 is 1.16 bits per heavy atom. The van der Waals surface area contributed by atoms with Crippen LogP contribution in [0.3, 0.4) is 0 Å². The van der Waals surface area contributed by atoms with Crippen LogP contribution in [0.2, 0.25) is 0 Å². The number of rotatable bonds is 4.